The highest BCUT2D eigenvalue weighted by Crippen LogP contribution is 2.27. The van der Waals surface area contributed by atoms with Gasteiger partial charge in [-0.3, -0.25) is 5.10 Å². The summed E-state index contributed by atoms with van der Waals surface area (Å²) >= 11 is 5.18. The van der Waals surface area contributed by atoms with Gasteiger partial charge in [0.1, 0.15) is 5.82 Å². The third kappa shape index (κ3) is 2.77. The van der Waals surface area contributed by atoms with Crippen molar-refractivity contribution >= 4 is 22.1 Å². The molecule has 1 aromatic rings. The van der Waals surface area contributed by atoms with Crippen molar-refractivity contribution in [1.82, 2.24) is 14.8 Å². The van der Waals surface area contributed by atoms with Crippen LogP contribution in [0.25, 0.3) is 0 Å². The molecule has 1 N–H and O–H groups in total. The number of nitrogens with zero attached hydrogens (tertiary/aromatic N) is 2. The van der Waals surface area contributed by atoms with Crippen molar-refractivity contribution in [1.29, 1.82) is 0 Å². The predicted octanol–water partition coefficient (Wildman–Crippen LogP) is 1.50. The monoisotopic (exact) mass is 275 g/mol. The summed E-state index contributed by atoms with van der Waals surface area (Å²) in [5.41, 5.74) is 0. The van der Waals surface area contributed by atoms with Gasteiger partial charge >= 0.3 is 0 Å². The van der Waals surface area contributed by atoms with E-state index in [1.54, 1.807) is 0 Å². The van der Waals surface area contributed by atoms with Crippen molar-refractivity contribution in [3.63, 3.8) is 0 Å². The maximum atomic E-state index is 11.5. The number of nitrogens with one attached hydrogen (secondary N) is 1. The average Bonchev–Trinajstić information content (AvgIpc) is 2.71. The number of sulfone groups is 1. The number of aromatic amines is 1. The van der Waals surface area contributed by atoms with E-state index in [9.17, 15) is 8.42 Å². The SMILES string of the molecule is CC(C)Cn1c(C2CCS(=O)(=O)C2)n[nH]c1=S. The van der Waals surface area contributed by atoms with Crippen molar-refractivity contribution < 1.29 is 8.42 Å². The Morgan fingerprint density at radius 1 is 1.59 bits per heavy atom. The van der Waals surface area contributed by atoms with Crippen LogP contribution < -0.4 is 0 Å². The second-order valence-corrected chi connectivity index (χ2v) is 7.61. The lowest BCUT2D eigenvalue weighted by Gasteiger charge is -2.12. The molecular weight excluding hydrogens is 258 g/mol. The van der Waals surface area contributed by atoms with Crippen LogP contribution in [-0.2, 0) is 16.4 Å². The Morgan fingerprint density at radius 3 is 2.82 bits per heavy atom. The first kappa shape index (κ1) is 12.8. The Balaban J connectivity index is 2.31. The number of rotatable bonds is 3. The van der Waals surface area contributed by atoms with Gasteiger partial charge in [-0.1, -0.05) is 13.8 Å². The third-order valence-electron chi connectivity index (χ3n) is 2.93. The minimum atomic E-state index is -2.88. The van der Waals surface area contributed by atoms with Crippen LogP contribution in [0.15, 0.2) is 0 Å². The molecule has 17 heavy (non-hydrogen) atoms. The van der Waals surface area contributed by atoms with Gasteiger partial charge in [0.25, 0.3) is 0 Å². The zero-order valence-electron chi connectivity index (χ0n) is 10.0. The molecule has 2 heterocycles. The van der Waals surface area contributed by atoms with Gasteiger partial charge in [0, 0.05) is 12.5 Å². The second kappa shape index (κ2) is 4.53. The van der Waals surface area contributed by atoms with Gasteiger partial charge in [-0.2, -0.15) is 5.10 Å². The molecule has 1 atom stereocenters. The molecule has 2 rings (SSSR count). The van der Waals surface area contributed by atoms with Crippen molar-refractivity contribution in [3.05, 3.63) is 10.6 Å². The van der Waals surface area contributed by atoms with E-state index in [0.717, 1.165) is 12.4 Å². The van der Waals surface area contributed by atoms with Crippen molar-refractivity contribution in [3.8, 4) is 0 Å². The Kier molecular flexibility index (Phi) is 3.40. The minimum absolute atomic E-state index is 0.00769. The highest BCUT2D eigenvalue weighted by molar-refractivity contribution is 7.91. The lowest BCUT2D eigenvalue weighted by Crippen LogP contribution is -2.13. The van der Waals surface area contributed by atoms with Crippen molar-refractivity contribution in [2.45, 2.75) is 32.7 Å². The molecule has 0 radical (unpaired) electrons. The molecule has 5 nitrogen and oxygen atoms in total. The molecule has 0 saturated carbocycles. The summed E-state index contributed by atoms with van der Waals surface area (Å²) in [6.07, 6.45) is 0.653. The minimum Gasteiger partial charge on any atom is -0.304 e. The molecular formula is C10H17N3O2S2. The first-order valence-corrected chi connectivity index (χ1v) is 7.97. The Hall–Kier alpha value is -0.690. The molecule has 1 unspecified atom stereocenters. The fraction of sp³-hybridized carbons (Fsp3) is 0.800. The van der Waals surface area contributed by atoms with Gasteiger partial charge in [-0.25, -0.2) is 8.42 Å². The summed E-state index contributed by atoms with van der Waals surface area (Å²) in [6, 6.07) is 0. The van der Waals surface area contributed by atoms with E-state index < -0.39 is 9.84 Å². The van der Waals surface area contributed by atoms with Gasteiger partial charge < -0.3 is 4.57 Å². The Labute approximate surface area is 106 Å². The molecule has 1 aliphatic heterocycles. The summed E-state index contributed by atoms with van der Waals surface area (Å²) in [5, 5.41) is 6.97. The average molecular weight is 275 g/mol. The lowest BCUT2D eigenvalue weighted by atomic mass is 10.1. The maximum absolute atomic E-state index is 11.5. The summed E-state index contributed by atoms with van der Waals surface area (Å²) in [6.45, 7) is 4.98. The highest BCUT2D eigenvalue weighted by Gasteiger charge is 2.32. The molecule has 1 fully saturated rings. The summed E-state index contributed by atoms with van der Waals surface area (Å²) in [4.78, 5) is 0. The highest BCUT2D eigenvalue weighted by atomic mass is 32.2. The van der Waals surface area contributed by atoms with Gasteiger partial charge in [-0.05, 0) is 24.6 Å². The molecule has 1 aliphatic rings. The molecule has 1 saturated heterocycles. The van der Waals surface area contributed by atoms with Crippen LogP contribution in [0.3, 0.4) is 0 Å². The van der Waals surface area contributed by atoms with E-state index in [1.807, 2.05) is 4.57 Å². The fourth-order valence-corrected chi connectivity index (χ4v) is 4.13. The van der Waals surface area contributed by atoms with Crippen LogP contribution in [0, 0.1) is 10.7 Å². The van der Waals surface area contributed by atoms with E-state index in [1.165, 1.54) is 0 Å². The van der Waals surface area contributed by atoms with Crippen molar-refractivity contribution in [2.24, 2.45) is 5.92 Å². The van der Waals surface area contributed by atoms with Gasteiger partial charge in [0.05, 0.1) is 11.5 Å². The summed E-state index contributed by atoms with van der Waals surface area (Å²) in [5.74, 6) is 1.71. The maximum Gasteiger partial charge on any atom is 0.195 e. The molecule has 0 bridgehead atoms. The van der Waals surface area contributed by atoms with Crippen LogP contribution in [-0.4, -0.2) is 34.7 Å². The number of hydrogen-bond donors (Lipinski definition) is 1. The summed E-state index contributed by atoms with van der Waals surface area (Å²) < 4.78 is 25.5. The topological polar surface area (TPSA) is 67.8 Å². The van der Waals surface area contributed by atoms with Crippen LogP contribution in [0.1, 0.15) is 32.0 Å². The van der Waals surface area contributed by atoms with Crippen LogP contribution in [0.4, 0.5) is 0 Å². The molecule has 1 aromatic heterocycles. The van der Waals surface area contributed by atoms with Crippen molar-refractivity contribution in [2.75, 3.05) is 11.5 Å². The van der Waals surface area contributed by atoms with E-state index in [-0.39, 0.29) is 17.4 Å². The first-order chi connectivity index (χ1) is 7.89. The quantitative estimate of drug-likeness (QED) is 0.849. The Bertz CT molecular complexity index is 556. The molecule has 0 amide bonds. The van der Waals surface area contributed by atoms with Crippen LogP contribution in [0.2, 0.25) is 0 Å². The lowest BCUT2D eigenvalue weighted by molar-refractivity contribution is 0.490. The zero-order chi connectivity index (χ0) is 12.6. The molecule has 0 spiro atoms. The number of H-pyrrole nitrogens is 1. The fourth-order valence-electron chi connectivity index (χ4n) is 2.18. The van der Waals surface area contributed by atoms with E-state index in [0.29, 0.717) is 17.1 Å². The number of hydrogen-bond acceptors (Lipinski definition) is 4. The molecule has 0 aromatic carbocycles. The standard InChI is InChI=1S/C10H17N3O2S2/c1-7(2)5-13-9(11-12-10(13)16)8-3-4-17(14,15)6-8/h7-8H,3-6H2,1-2H3,(H,12,16). The van der Waals surface area contributed by atoms with Crippen LogP contribution in [0.5, 0.6) is 0 Å². The molecule has 96 valence electrons. The normalized spacial score (nSPS) is 23.4. The van der Waals surface area contributed by atoms with Crippen LogP contribution >= 0.6 is 12.2 Å². The van der Waals surface area contributed by atoms with Gasteiger partial charge in [0.15, 0.2) is 14.6 Å². The predicted molar refractivity (Wildman–Crippen MR) is 68.3 cm³/mol. The third-order valence-corrected chi connectivity index (χ3v) is 5.01. The largest absolute Gasteiger partial charge is 0.304 e. The zero-order valence-corrected chi connectivity index (χ0v) is 11.6. The van der Waals surface area contributed by atoms with Gasteiger partial charge in [0.2, 0.25) is 0 Å². The molecule has 0 aliphatic carbocycles. The van der Waals surface area contributed by atoms with E-state index >= 15 is 0 Å². The smallest absolute Gasteiger partial charge is 0.195 e. The first-order valence-electron chi connectivity index (χ1n) is 5.74. The summed E-state index contributed by atoms with van der Waals surface area (Å²) in [7, 11) is -2.88. The number of aromatic nitrogens is 3. The van der Waals surface area contributed by atoms with Gasteiger partial charge in [-0.15, -0.1) is 0 Å². The Morgan fingerprint density at radius 2 is 2.29 bits per heavy atom. The van der Waals surface area contributed by atoms with E-state index in [4.69, 9.17) is 12.2 Å². The van der Waals surface area contributed by atoms with E-state index in [2.05, 4.69) is 24.0 Å². The second-order valence-electron chi connectivity index (χ2n) is 4.99. The molecule has 7 heteroatoms.